The fraction of sp³-hybridized carbons (Fsp3) is 0.409. The predicted molar refractivity (Wildman–Crippen MR) is 117 cm³/mol. The summed E-state index contributed by atoms with van der Waals surface area (Å²) in [6.45, 7) is 8.65. The van der Waals surface area contributed by atoms with Gasteiger partial charge < -0.3 is 30.7 Å². The van der Waals surface area contributed by atoms with Gasteiger partial charge in [-0.05, 0) is 35.7 Å². The van der Waals surface area contributed by atoms with Crippen molar-refractivity contribution in [3.8, 4) is 11.5 Å². The number of methoxy groups -OCH3 is 1. The van der Waals surface area contributed by atoms with Gasteiger partial charge >= 0.3 is 6.03 Å². The Morgan fingerprint density at radius 1 is 1.10 bits per heavy atom. The highest BCUT2D eigenvalue weighted by atomic mass is 16.5. The Morgan fingerprint density at radius 2 is 1.72 bits per heavy atom. The molecule has 0 unspecified atom stereocenters. The molecule has 0 bridgehead atoms. The van der Waals surface area contributed by atoms with Gasteiger partial charge in [0.15, 0.2) is 0 Å². The number of nitrogens with zero attached hydrogens (tertiary/aromatic N) is 2. The van der Waals surface area contributed by atoms with E-state index < -0.39 is 0 Å². The number of urea groups is 1. The topological polar surface area (TPSA) is 91.1 Å². The zero-order valence-electron chi connectivity index (χ0n) is 17.5. The number of carbonyl (C=O) groups is 1. The van der Waals surface area contributed by atoms with E-state index in [-0.39, 0.29) is 17.2 Å². The van der Waals surface area contributed by atoms with Crippen molar-refractivity contribution in [3.63, 3.8) is 0 Å². The van der Waals surface area contributed by atoms with Gasteiger partial charge in [-0.25, -0.2) is 4.79 Å². The molecule has 0 radical (unpaired) electrons. The number of nitrogen functional groups attached to an aromatic ring is 1. The molecule has 29 heavy (non-hydrogen) atoms. The zero-order chi connectivity index (χ0) is 21.2. The van der Waals surface area contributed by atoms with Gasteiger partial charge in [0.25, 0.3) is 0 Å². The highest BCUT2D eigenvalue weighted by Crippen LogP contribution is 2.39. The SMILES string of the molecule is COc1cc(NC(=O)N2CCN(c3ccc(N)cc3)CC2)c(O)c(C(C)(C)C)c1. The van der Waals surface area contributed by atoms with E-state index in [1.54, 1.807) is 24.1 Å². The number of amides is 2. The summed E-state index contributed by atoms with van der Waals surface area (Å²) in [4.78, 5) is 16.8. The Morgan fingerprint density at radius 3 is 2.28 bits per heavy atom. The molecule has 7 nitrogen and oxygen atoms in total. The fourth-order valence-corrected chi connectivity index (χ4v) is 3.44. The average molecular weight is 399 g/mol. The number of benzene rings is 2. The van der Waals surface area contributed by atoms with Crippen molar-refractivity contribution in [1.82, 2.24) is 4.90 Å². The van der Waals surface area contributed by atoms with Crippen LogP contribution in [0.2, 0.25) is 0 Å². The molecular formula is C22H30N4O3. The highest BCUT2D eigenvalue weighted by molar-refractivity contribution is 5.92. The molecule has 2 aromatic rings. The van der Waals surface area contributed by atoms with Crippen molar-refractivity contribution in [2.75, 3.05) is 49.2 Å². The maximum Gasteiger partial charge on any atom is 0.322 e. The maximum atomic E-state index is 12.8. The lowest BCUT2D eigenvalue weighted by molar-refractivity contribution is 0.208. The lowest BCUT2D eigenvalue weighted by atomic mass is 9.85. The first kappa shape index (κ1) is 20.6. The van der Waals surface area contributed by atoms with Gasteiger partial charge in [0.05, 0.1) is 12.8 Å². The van der Waals surface area contributed by atoms with E-state index in [9.17, 15) is 9.90 Å². The second kappa shape index (κ2) is 8.11. The lowest BCUT2D eigenvalue weighted by Crippen LogP contribution is -2.50. The molecule has 0 atom stereocenters. The highest BCUT2D eigenvalue weighted by Gasteiger charge is 2.25. The smallest absolute Gasteiger partial charge is 0.322 e. The van der Waals surface area contributed by atoms with Crippen molar-refractivity contribution < 1.29 is 14.6 Å². The van der Waals surface area contributed by atoms with Crippen LogP contribution in [0.25, 0.3) is 0 Å². The van der Waals surface area contributed by atoms with Crippen LogP contribution >= 0.6 is 0 Å². The van der Waals surface area contributed by atoms with Gasteiger partial charge in [0.2, 0.25) is 0 Å². The molecule has 2 aromatic carbocycles. The number of carbonyl (C=O) groups excluding carboxylic acids is 1. The molecule has 1 fully saturated rings. The molecule has 3 rings (SSSR count). The van der Waals surface area contributed by atoms with Gasteiger partial charge in [0.1, 0.15) is 11.5 Å². The maximum absolute atomic E-state index is 12.8. The first-order valence-electron chi connectivity index (χ1n) is 9.77. The summed E-state index contributed by atoms with van der Waals surface area (Å²) in [7, 11) is 1.57. The molecule has 2 amide bonds. The van der Waals surface area contributed by atoms with Gasteiger partial charge in [-0.3, -0.25) is 0 Å². The van der Waals surface area contributed by atoms with E-state index in [2.05, 4.69) is 10.2 Å². The molecule has 1 saturated heterocycles. The first-order chi connectivity index (χ1) is 13.7. The molecule has 0 aliphatic carbocycles. The Kier molecular flexibility index (Phi) is 5.77. The number of nitrogens with one attached hydrogen (secondary N) is 1. The summed E-state index contributed by atoms with van der Waals surface area (Å²) in [6.07, 6.45) is 0. The molecule has 1 aliphatic heterocycles. The quantitative estimate of drug-likeness (QED) is 0.542. The molecule has 0 spiro atoms. The first-order valence-corrected chi connectivity index (χ1v) is 9.77. The second-order valence-corrected chi connectivity index (χ2v) is 8.32. The summed E-state index contributed by atoms with van der Waals surface area (Å²) in [5.41, 5.74) is 8.38. The van der Waals surface area contributed by atoms with E-state index >= 15 is 0 Å². The molecule has 7 heteroatoms. The largest absolute Gasteiger partial charge is 0.505 e. The number of phenols is 1. The molecule has 156 valence electrons. The third-order valence-electron chi connectivity index (χ3n) is 5.19. The molecule has 4 N–H and O–H groups in total. The number of phenolic OH excluding ortho intramolecular Hbond substituents is 1. The molecular weight excluding hydrogens is 368 g/mol. The van der Waals surface area contributed by atoms with Gasteiger partial charge in [-0.2, -0.15) is 0 Å². The van der Waals surface area contributed by atoms with Gasteiger partial charge in [-0.1, -0.05) is 20.8 Å². The third-order valence-corrected chi connectivity index (χ3v) is 5.19. The Hall–Kier alpha value is -3.09. The minimum atomic E-state index is -0.289. The van der Waals surface area contributed by atoms with E-state index in [1.165, 1.54) is 0 Å². The monoisotopic (exact) mass is 398 g/mol. The number of hydrogen-bond donors (Lipinski definition) is 3. The van der Waals surface area contributed by atoms with E-state index in [4.69, 9.17) is 10.5 Å². The number of ether oxygens (including phenoxy) is 1. The summed E-state index contributed by atoms with van der Waals surface area (Å²) < 4.78 is 5.35. The van der Waals surface area contributed by atoms with Crippen LogP contribution in [0.3, 0.4) is 0 Å². The summed E-state index contributed by atoms with van der Waals surface area (Å²) in [5, 5.41) is 13.5. The lowest BCUT2D eigenvalue weighted by Gasteiger charge is -2.36. The van der Waals surface area contributed by atoms with Crippen LogP contribution in [0.4, 0.5) is 21.9 Å². The number of rotatable bonds is 3. The van der Waals surface area contributed by atoms with Crippen molar-refractivity contribution in [2.24, 2.45) is 0 Å². The number of anilines is 3. The average Bonchev–Trinajstić information content (AvgIpc) is 2.69. The van der Waals surface area contributed by atoms with Crippen molar-refractivity contribution in [2.45, 2.75) is 26.2 Å². The van der Waals surface area contributed by atoms with E-state index in [0.717, 1.165) is 30.0 Å². The van der Waals surface area contributed by atoms with Crippen LogP contribution < -0.4 is 20.7 Å². The Bertz CT molecular complexity index is 867. The van der Waals surface area contributed by atoms with Gasteiger partial charge in [-0.15, -0.1) is 0 Å². The fourth-order valence-electron chi connectivity index (χ4n) is 3.44. The van der Waals surface area contributed by atoms with Crippen LogP contribution in [0, 0.1) is 0 Å². The van der Waals surface area contributed by atoms with Crippen LogP contribution in [-0.2, 0) is 5.41 Å². The second-order valence-electron chi connectivity index (χ2n) is 8.32. The summed E-state index contributed by atoms with van der Waals surface area (Å²) in [6, 6.07) is 11.0. The van der Waals surface area contributed by atoms with Gasteiger partial charge in [0, 0.05) is 49.2 Å². The van der Waals surface area contributed by atoms with Crippen LogP contribution in [0.1, 0.15) is 26.3 Å². The number of hydrogen-bond acceptors (Lipinski definition) is 5. The molecule has 0 saturated carbocycles. The Balaban J connectivity index is 1.69. The van der Waals surface area contributed by atoms with Crippen molar-refractivity contribution >= 4 is 23.1 Å². The van der Waals surface area contributed by atoms with Crippen LogP contribution in [-0.4, -0.2) is 49.3 Å². The molecule has 0 aromatic heterocycles. The molecule has 1 heterocycles. The summed E-state index contributed by atoms with van der Waals surface area (Å²) in [5.74, 6) is 0.670. The number of aromatic hydroxyl groups is 1. The van der Waals surface area contributed by atoms with E-state index in [1.807, 2.05) is 45.0 Å². The summed E-state index contributed by atoms with van der Waals surface area (Å²) >= 11 is 0. The standard InChI is InChI=1S/C22H30N4O3/c1-22(2,3)18-13-17(29-4)14-19(20(18)27)24-21(28)26-11-9-25(10-12-26)16-7-5-15(23)6-8-16/h5-8,13-14,27H,9-12,23H2,1-4H3,(H,24,28). The van der Waals surface area contributed by atoms with Crippen LogP contribution in [0.5, 0.6) is 11.5 Å². The normalized spacial score (nSPS) is 14.6. The van der Waals surface area contributed by atoms with E-state index in [0.29, 0.717) is 24.5 Å². The number of piperazine rings is 1. The van der Waals surface area contributed by atoms with Crippen molar-refractivity contribution in [1.29, 1.82) is 0 Å². The van der Waals surface area contributed by atoms with Crippen molar-refractivity contribution in [3.05, 3.63) is 42.0 Å². The Labute approximate surface area is 172 Å². The van der Waals surface area contributed by atoms with Crippen LogP contribution in [0.15, 0.2) is 36.4 Å². The minimum Gasteiger partial charge on any atom is -0.505 e. The third kappa shape index (κ3) is 4.67. The zero-order valence-corrected chi connectivity index (χ0v) is 17.5. The predicted octanol–water partition coefficient (Wildman–Crippen LogP) is 3.63. The number of nitrogens with two attached hydrogens (primary N) is 1. The molecule has 1 aliphatic rings. The minimum absolute atomic E-state index is 0.0761.